The molecule has 7 nitrogen and oxygen atoms in total. The molecular weight excluding hydrogens is 416 g/mol. The number of carbonyl (C=O) groups is 1. The van der Waals surface area contributed by atoms with E-state index in [0.717, 1.165) is 35.2 Å². The van der Waals surface area contributed by atoms with E-state index >= 15 is 0 Å². The topological polar surface area (TPSA) is 87.6 Å². The molecule has 1 amide bonds. The van der Waals surface area contributed by atoms with E-state index in [1.807, 2.05) is 51.1 Å². The number of carbonyl (C=O) groups excluding carboxylic acids is 1. The normalized spacial score (nSPS) is 15.7. The van der Waals surface area contributed by atoms with Gasteiger partial charge in [-0.25, -0.2) is 14.8 Å². The van der Waals surface area contributed by atoms with E-state index in [1.54, 1.807) is 12.1 Å². The number of phenolic OH excluding ortho intramolecular Hbond substituents is 1. The molecular formula is C23H27ClN4O3. The Balaban J connectivity index is 0.00000272. The van der Waals surface area contributed by atoms with E-state index in [0.29, 0.717) is 17.9 Å². The molecule has 0 saturated carbocycles. The van der Waals surface area contributed by atoms with Crippen LogP contribution in [-0.2, 0) is 4.74 Å². The van der Waals surface area contributed by atoms with Crippen LogP contribution >= 0.6 is 12.4 Å². The van der Waals surface area contributed by atoms with Crippen LogP contribution in [0.4, 0.5) is 10.6 Å². The zero-order valence-electron chi connectivity index (χ0n) is 17.8. The summed E-state index contributed by atoms with van der Waals surface area (Å²) in [5.41, 5.74) is 2.53. The van der Waals surface area contributed by atoms with Crippen molar-refractivity contribution in [2.45, 2.75) is 39.3 Å². The Bertz CT molecular complexity index is 1090. The van der Waals surface area contributed by atoms with Crippen LogP contribution in [0.25, 0.3) is 22.3 Å². The maximum absolute atomic E-state index is 12.0. The Hall–Kier alpha value is -3.06. The fraction of sp³-hybridized carbons (Fsp3) is 0.348. The predicted molar refractivity (Wildman–Crippen MR) is 124 cm³/mol. The number of hydrogen-bond donors (Lipinski definition) is 2. The molecule has 31 heavy (non-hydrogen) atoms. The fourth-order valence-corrected chi connectivity index (χ4v) is 3.73. The number of alkyl carbamates (subject to hydrolysis) is 1. The van der Waals surface area contributed by atoms with Crippen LogP contribution in [0.5, 0.6) is 5.75 Å². The van der Waals surface area contributed by atoms with Crippen LogP contribution in [0, 0.1) is 6.92 Å². The Labute approximate surface area is 187 Å². The standard InChI is InChI=1S/C23H26N4O3.ClH/c1-14(2)30-23(29)24-16-10-11-27(13-16)22-17-9-8-15(3)12-19(17)25-21(26-22)18-6-4-5-7-20(18)28;/h4-9,12,14,16,28H,10-11,13H2,1-3H3,(H,24,29);1H. The second-order valence-corrected chi connectivity index (χ2v) is 7.94. The molecule has 0 radical (unpaired) electrons. The highest BCUT2D eigenvalue weighted by atomic mass is 35.5. The molecule has 2 N–H and O–H groups in total. The number of nitrogens with one attached hydrogen (secondary N) is 1. The minimum atomic E-state index is -0.394. The highest BCUT2D eigenvalue weighted by molar-refractivity contribution is 5.92. The number of amides is 1. The maximum atomic E-state index is 12.0. The Morgan fingerprint density at radius 3 is 2.74 bits per heavy atom. The minimum Gasteiger partial charge on any atom is -0.507 e. The molecule has 1 unspecified atom stereocenters. The number of nitrogens with zero attached hydrogens (tertiary/aromatic N) is 3. The van der Waals surface area contributed by atoms with Crippen LogP contribution in [-0.4, -0.2) is 46.4 Å². The van der Waals surface area contributed by atoms with Crippen molar-refractivity contribution in [2.24, 2.45) is 0 Å². The number of ether oxygens (including phenoxy) is 1. The number of para-hydroxylation sites is 1. The van der Waals surface area contributed by atoms with Gasteiger partial charge in [0.05, 0.1) is 23.2 Å². The summed E-state index contributed by atoms with van der Waals surface area (Å²) in [5, 5.41) is 14.2. The van der Waals surface area contributed by atoms with E-state index in [4.69, 9.17) is 14.7 Å². The number of aromatic nitrogens is 2. The molecule has 1 atom stereocenters. The van der Waals surface area contributed by atoms with Crippen molar-refractivity contribution >= 4 is 35.2 Å². The summed E-state index contributed by atoms with van der Waals surface area (Å²) in [6.07, 6.45) is 0.254. The summed E-state index contributed by atoms with van der Waals surface area (Å²) >= 11 is 0. The van der Waals surface area contributed by atoms with E-state index in [9.17, 15) is 9.90 Å². The number of benzene rings is 2. The van der Waals surface area contributed by atoms with E-state index < -0.39 is 6.09 Å². The van der Waals surface area contributed by atoms with E-state index in [1.165, 1.54) is 0 Å². The van der Waals surface area contributed by atoms with Gasteiger partial charge < -0.3 is 20.1 Å². The highest BCUT2D eigenvalue weighted by Crippen LogP contribution is 2.33. The average Bonchev–Trinajstić information content (AvgIpc) is 3.14. The van der Waals surface area contributed by atoms with Crippen LogP contribution in [0.15, 0.2) is 42.5 Å². The molecule has 1 fully saturated rings. The Morgan fingerprint density at radius 1 is 1.23 bits per heavy atom. The molecule has 2 aromatic carbocycles. The third kappa shape index (κ3) is 4.99. The Morgan fingerprint density at radius 2 is 2.00 bits per heavy atom. The van der Waals surface area contributed by atoms with Crippen molar-refractivity contribution in [3.05, 3.63) is 48.0 Å². The lowest BCUT2D eigenvalue weighted by molar-refractivity contribution is 0.113. The molecule has 3 aromatic rings. The molecule has 164 valence electrons. The van der Waals surface area contributed by atoms with Crippen molar-refractivity contribution in [3.8, 4) is 17.1 Å². The van der Waals surface area contributed by atoms with Crippen molar-refractivity contribution in [3.63, 3.8) is 0 Å². The van der Waals surface area contributed by atoms with Crippen molar-refractivity contribution in [1.29, 1.82) is 0 Å². The number of fused-ring (bicyclic) bond motifs is 1. The SMILES string of the molecule is Cc1ccc2c(N3CCC(NC(=O)OC(C)C)C3)nc(-c3ccccc3O)nc2c1.Cl. The molecule has 1 aromatic heterocycles. The molecule has 1 aliphatic heterocycles. The summed E-state index contributed by atoms with van der Waals surface area (Å²) in [4.78, 5) is 23.7. The molecule has 1 saturated heterocycles. The van der Waals surface area contributed by atoms with Gasteiger partial charge in [0, 0.05) is 18.5 Å². The van der Waals surface area contributed by atoms with Gasteiger partial charge in [-0.2, -0.15) is 0 Å². The largest absolute Gasteiger partial charge is 0.507 e. The molecule has 0 bridgehead atoms. The molecule has 0 spiro atoms. The van der Waals surface area contributed by atoms with Crippen LogP contribution in [0.3, 0.4) is 0 Å². The zero-order valence-corrected chi connectivity index (χ0v) is 18.6. The van der Waals surface area contributed by atoms with Gasteiger partial charge in [0.25, 0.3) is 0 Å². The van der Waals surface area contributed by atoms with Crippen LogP contribution in [0.2, 0.25) is 0 Å². The van der Waals surface area contributed by atoms with Gasteiger partial charge in [-0.05, 0) is 57.0 Å². The first-order chi connectivity index (χ1) is 14.4. The summed E-state index contributed by atoms with van der Waals surface area (Å²) in [5.74, 6) is 1.43. The fourth-order valence-electron chi connectivity index (χ4n) is 3.73. The first kappa shape index (κ1) is 22.6. The number of hydrogen-bond acceptors (Lipinski definition) is 6. The molecule has 8 heteroatoms. The van der Waals surface area contributed by atoms with Gasteiger partial charge in [0.1, 0.15) is 11.6 Å². The molecule has 2 heterocycles. The van der Waals surface area contributed by atoms with E-state index in [-0.39, 0.29) is 30.3 Å². The Kier molecular flexibility index (Phi) is 6.85. The summed E-state index contributed by atoms with van der Waals surface area (Å²) < 4.78 is 5.20. The van der Waals surface area contributed by atoms with Gasteiger partial charge >= 0.3 is 6.09 Å². The minimum absolute atomic E-state index is 0. The maximum Gasteiger partial charge on any atom is 0.407 e. The summed E-state index contributed by atoms with van der Waals surface area (Å²) in [7, 11) is 0. The number of aromatic hydroxyl groups is 1. The third-order valence-electron chi connectivity index (χ3n) is 5.13. The molecule has 0 aliphatic carbocycles. The smallest absolute Gasteiger partial charge is 0.407 e. The number of rotatable bonds is 4. The number of phenols is 1. The lowest BCUT2D eigenvalue weighted by Crippen LogP contribution is -2.38. The third-order valence-corrected chi connectivity index (χ3v) is 5.13. The van der Waals surface area contributed by atoms with Gasteiger partial charge in [-0.3, -0.25) is 0 Å². The van der Waals surface area contributed by atoms with Gasteiger partial charge in [0.2, 0.25) is 0 Å². The number of halogens is 1. The lowest BCUT2D eigenvalue weighted by Gasteiger charge is -2.21. The number of aryl methyl sites for hydroxylation is 1. The second kappa shape index (κ2) is 9.39. The van der Waals surface area contributed by atoms with Gasteiger partial charge in [-0.15, -0.1) is 12.4 Å². The quantitative estimate of drug-likeness (QED) is 0.620. The first-order valence-electron chi connectivity index (χ1n) is 10.2. The lowest BCUT2D eigenvalue weighted by atomic mass is 10.1. The van der Waals surface area contributed by atoms with Crippen molar-refractivity contribution in [1.82, 2.24) is 15.3 Å². The molecule has 1 aliphatic rings. The van der Waals surface area contributed by atoms with Crippen molar-refractivity contribution < 1.29 is 14.6 Å². The predicted octanol–water partition coefficient (Wildman–Crippen LogP) is 4.45. The first-order valence-corrected chi connectivity index (χ1v) is 10.2. The number of anilines is 1. The van der Waals surface area contributed by atoms with Crippen molar-refractivity contribution in [2.75, 3.05) is 18.0 Å². The monoisotopic (exact) mass is 442 g/mol. The van der Waals surface area contributed by atoms with Crippen LogP contribution < -0.4 is 10.2 Å². The van der Waals surface area contributed by atoms with E-state index in [2.05, 4.69) is 10.2 Å². The zero-order chi connectivity index (χ0) is 21.3. The summed E-state index contributed by atoms with van der Waals surface area (Å²) in [6.45, 7) is 7.07. The average molecular weight is 443 g/mol. The van der Waals surface area contributed by atoms with Gasteiger partial charge in [-0.1, -0.05) is 18.2 Å². The summed E-state index contributed by atoms with van der Waals surface area (Å²) in [6, 6.07) is 13.2. The molecule has 4 rings (SSSR count). The highest BCUT2D eigenvalue weighted by Gasteiger charge is 2.27. The van der Waals surface area contributed by atoms with Crippen LogP contribution in [0.1, 0.15) is 25.8 Å². The second-order valence-electron chi connectivity index (χ2n) is 7.94. The van der Waals surface area contributed by atoms with Gasteiger partial charge in [0.15, 0.2) is 5.82 Å².